The van der Waals surface area contributed by atoms with E-state index in [0.717, 1.165) is 5.56 Å². The van der Waals surface area contributed by atoms with Gasteiger partial charge in [0.2, 0.25) is 0 Å². The van der Waals surface area contributed by atoms with Gasteiger partial charge in [-0.1, -0.05) is 12.1 Å². The minimum Gasteiger partial charge on any atom is -0.481 e. The van der Waals surface area contributed by atoms with E-state index in [1.54, 1.807) is 32.0 Å². The Bertz CT molecular complexity index is 633. The lowest BCUT2D eigenvalue weighted by Crippen LogP contribution is -2.06. The standard InChI is InChI=1S/C15H15FN2O2/c1-9-11(7-8-14(19)20)10(2)18-15(17-9)12-5-3-4-6-13(12)16/h3-6H,7-8H2,1-2H3,(H,19,20). The Hall–Kier alpha value is -2.30. The van der Waals surface area contributed by atoms with Gasteiger partial charge in [0.1, 0.15) is 5.82 Å². The highest BCUT2D eigenvalue weighted by atomic mass is 19.1. The molecule has 0 spiro atoms. The highest BCUT2D eigenvalue weighted by molar-refractivity contribution is 5.67. The van der Waals surface area contributed by atoms with E-state index in [2.05, 4.69) is 9.97 Å². The molecular formula is C15H15FN2O2. The highest BCUT2D eigenvalue weighted by Crippen LogP contribution is 2.22. The van der Waals surface area contributed by atoms with Crippen LogP contribution in [0.4, 0.5) is 4.39 Å². The lowest BCUT2D eigenvalue weighted by atomic mass is 10.1. The molecule has 0 amide bonds. The second-order valence-corrected chi connectivity index (χ2v) is 4.57. The van der Waals surface area contributed by atoms with Gasteiger partial charge in [0.25, 0.3) is 0 Å². The van der Waals surface area contributed by atoms with Crippen molar-refractivity contribution in [3.8, 4) is 11.4 Å². The van der Waals surface area contributed by atoms with Crippen molar-refractivity contribution in [3.05, 3.63) is 47.0 Å². The van der Waals surface area contributed by atoms with Gasteiger partial charge in [0, 0.05) is 17.8 Å². The summed E-state index contributed by atoms with van der Waals surface area (Å²) >= 11 is 0. The van der Waals surface area contributed by atoms with Crippen molar-refractivity contribution in [1.82, 2.24) is 9.97 Å². The predicted molar refractivity (Wildman–Crippen MR) is 72.9 cm³/mol. The number of carbonyl (C=O) groups is 1. The first kappa shape index (κ1) is 14.1. The summed E-state index contributed by atoms with van der Waals surface area (Å²) in [5.41, 5.74) is 2.55. The molecule has 0 aliphatic rings. The van der Waals surface area contributed by atoms with Crippen molar-refractivity contribution < 1.29 is 14.3 Å². The molecule has 0 saturated heterocycles. The highest BCUT2D eigenvalue weighted by Gasteiger charge is 2.13. The molecule has 4 nitrogen and oxygen atoms in total. The van der Waals surface area contributed by atoms with E-state index in [4.69, 9.17) is 5.11 Å². The van der Waals surface area contributed by atoms with Gasteiger partial charge in [-0.25, -0.2) is 14.4 Å². The number of benzene rings is 1. The van der Waals surface area contributed by atoms with Crippen LogP contribution in [0.2, 0.25) is 0 Å². The molecule has 0 aliphatic carbocycles. The molecule has 0 fully saturated rings. The second kappa shape index (κ2) is 5.77. The minimum atomic E-state index is -0.859. The molecule has 20 heavy (non-hydrogen) atoms. The average molecular weight is 274 g/mol. The maximum atomic E-state index is 13.7. The van der Waals surface area contributed by atoms with Crippen molar-refractivity contribution in [1.29, 1.82) is 0 Å². The summed E-state index contributed by atoms with van der Waals surface area (Å²) in [4.78, 5) is 19.2. The van der Waals surface area contributed by atoms with Crippen molar-refractivity contribution in [2.45, 2.75) is 26.7 Å². The molecule has 2 rings (SSSR count). The fraction of sp³-hybridized carbons (Fsp3) is 0.267. The smallest absolute Gasteiger partial charge is 0.303 e. The van der Waals surface area contributed by atoms with E-state index in [-0.39, 0.29) is 12.2 Å². The first-order valence-corrected chi connectivity index (χ1v) is 6.30. The summed E-state index contributed by atoms with van der Waals surface area (Å²) in [6.45, 7) is 3.58. The SMILES string of the molecule is Cc1nc(-c2ccccc2F)nc(C)c1CCC(=O)O. The van der Waals surface area contributed by atoms with Crippen LogP contribution < -0.4 is 0 Å². The van der Waals surface area contributed by atoms with Crippen molar-refractivity contribution in [3.63, 3.8) is 0 Å². The van der Waals surface area contributed by atoms with Gasteiger partial charge < -0.3 is 5.11 Å². The van der Waals surface area contributed by atoms with Crippen LogP contribution in [0.5, 0.6) is 0 Å². The van der Waals surface area contributed by atoms with Crippen LogP contribution in [0.25, 0.3) is 11.4 Å². The van der Waals surface area contributed by atoms with Crippen molar-refractivity contribution in [2.24, 2.45) is 0 Å². The van der Waals surface area contributed by atoms with Crippen LogP contribution in [0.1, 0.15) is 23.4 Å². The molecule has 1 heterocycles. The fourth-order valence-electron chi connectivity index (χ4n) is 2.10. The Morgan fingerprint density at radius 2 is 1.80 bits per heavy atom. The number of hydrogen-bond donors (Lipinski definition) is 1. The third kappa shape index (κ3) is 2.99. The molecule has 0 aliphatic heterocycles. The maximum absolute atomic E-state index is 13.7. The molecule has 104 valence electrons. The number of aromatic nitrogens is 2. The molecule has 0 atom stereocenters. The van der Waals surface area contributed by atoms with E-state index in [9.17, 15) is 9.18 Å². The van der Waals surface area contributed by atoms with Gasteiger partial charge >= 0.3 is 5.97 Å². The third-order valence-corrected chi connectivity index (χ3v) is 3.12. The van der Waals surface area contributed by atoms with Gasteiger partial charge in [0.05, 0.1) is 5.56 Å². The fourth-order valence-corrected chi connectivity index (χ4v) is 2.10. The molecule has 0 radical (unpaired) electrons. The largest absolute Gasteiger partial charge is 0.481 e. The van der Waals surface area contributed by atoms with Gasteiger partial charge in [-0.15, -0.1) is 0 Å². The number of aliphatic carboxylic acids is 1. The lowest BCUT2D eigenvalue weighted by Gasteiger charge is -2.10. The summed E-state index contributed by atoms with van der Waals surface area (Å²) in [5, 5.41) is 8.74. The van der Waals surface area contributed by atoms with E-state index in [1.807, 2.05) is 0 Å². The zero-order valence-electron chi connectivity index (χ0n) is 11.4. The van der Waals surface area contributed by atoms with Gasteiger partial charge in [0.15, 0.2) is 5.82 Å². The molecular weight excluding hydrogens is 259 g/mol. The topological polar surface area (TPSA) is 63.1 Å². The number of nitrogens with zero attached hydrogens (tertiary/aromatic N) is 2. The van der Waals surface area contributed by atoms with Crippen LogP contribution in [-0.4, -0.2) is 21.0 Å². The quantitative estimate of drug-likeness (QED) is 0.931. The Morgan fingerprint density at radius 3 is 2.35 bits per heavy atom. The molecule has 1 aromatic carbocycles. The number of carboxylic acid groups (broad SMARTS) is 1. The van der Waals surface area contributed by atoms with Gasteiger partial charge in [-0.3, -0.25) is 4.79 Å². The van der Waals surface area contributed by atoms with E-state index in [0.29, 0.717) is 29.2 Å². The zero-order chi connectivity index (χ0) is 14.7. The molecule has 2 aromatic rings. The van der Waals surface area contributed by atoms with Gasteiger partial charge in [-0.05, 0) is 38.0 Å². The summed E-state index contributed by atoms with van der Waals surface area (Å²) < 4.78 is 13.7. The Kier molecular flexibility index (Phi) is 4.08. The lowest BCUT2D eigenvalue weighted by molar-refractivity contribution is -0.136. The molecule has 1 N–H and O–H groups in total. The molecule has 0 unspecified atom stereocenters. The van der Waals surface area contributed by atoms with Crippen LogP contribution in [-0.2, 0) is 11.2 Å². The van der Waals surface area contributed by atoms with Crippen molar-refractivity contribution in [2.75, 3.05) is 0 Å². The molecule has 1 aromatic heterocycles. The molecule has 0 bridgehead atoms. The number of aryl methyl sites for hydroxylation is 2. The maximum Gasteiger partial charge on any atom is 0.303 e. The van der Waals surface area contributed by atoms with Crippen LogP contribution in [0.15, 0.2) is 24.3 Å². The van der Waals surface area contributed by atoms with Crippen LogP contribution in [0, 0.1) is 19.7 Å². The third-order valence-electron chi connectivity index (χ3n) is 3.12. The summed E-state index contributed by atoms with van der Waals surface area (Å²) in [6.07, 6.45) is 0.411. The van der Waals surface area contributed by atoms with Crippen LogP contribution >= 0.6 is 0 Å². The monoisotopic (exact) mass is 274 g/mol. The zero-order valence-corrected chi connectivity index (χ0v) is 11.4. The number of halogens is 1. The van der Waals surface area contributed by atoms with Gasteiger partial charge in [-0.2, -0.15) is 0 Å². The molecule has 0 saturated carbocycles. The summed E-state index contributed by atoms with van der Waals surface area (Å²) in [7, 11) is 0. The number of rotatable bonds is 4. The Labute approximate surface area is 116 Å². The first-order valence-electron chi connectivity index (χ1n) is 6.30. The van der Waals surface area contributed by atoms with E-state index in [1.165, 1.54) is 6.07 Å². The second-order valence-electron chi connectivity index (χ2n) is 4.57. The number of hydrogen-bond acceptors (Lipinski definition) is 3. The van der Waals surface area contributed by atoms with E-state index >= 15 is 0 Å². The minimum absolute atomic E-state index is 0.0318. The number of carboxylic acids is 1. The van der Waals surface area contributed by atoms with E-state index < -0.39 is 5.97 Å². The normalized spacial score (nSPS) is 10.6. The van der Waals surface area contributed by atoms with Crippen molar-refractivity contribution >= 4 is 5.97 Å². The average Bonchev–Trinajstić information content (AvgIpc) is 2.37. The summed E-state index contributed by atoms with van der Waals surface area (Å²) in [6, 6.07) is 6.33. The Balaban J connectivity index is 2.40. The molecule has 5 heteroatoms. The first-order chi connectivity index (χ1) is 9.49. The van der Waals surface area contributed by atoms with Crippen LogP contribution in [0.3, 0.4) is 0 Å². The Morgan fingerprint density at radius 1 is 1.20 bits per heavy atom. The predicted octanol–water partition coefficient (Wildman–Crippen LogP) is 2.92. The summed E-state index contributed by atoms with van der Waals surface area (Å²) in [5.74, 6) is -0.899.